The number of hydrogen-bond acceptors (Lipinski definition) is 6. The maximum Gasteiger partial charge on any atom is 0.162 e. The van der Waals surface area contributed by atoms with E-state index in [-0.39, 0.29) is 6.10 Å². The van der Waals surface area contributed by atoms with Crippen LogP contribution in [-0.2, 0) is 11.8 Å². The number of aromatic nitrogens is 4. The normalized spacial score (nSPS) is 14.6. The van der Waals surface area contributed by atoms with E-state index in [9.17, 15) is 0 Å². The molecule has 0 spiro atoms. The van der Waals surface area contributed by atoms with Crippen LogP contribution in [0.15, 0.2) is 55.0 Å². The number of rotatable bonds is 5. The first-order valence-electron chi connectivity index (χ1n) is 10.4. The molecule has 0 saturated carbocycles. The van der Waals surface area contributed by atoms with E-state index < -0.39 is 0 Å². The van der Waals surface area contributed by atoms with Crippen LogP contribution in [0.3, 0.4) is 0 Å². The first-order chi connectivity index (χ1) is 15.2. The van der Waals surface area contributed by atoms with Crippen molar-refractivity contribution in [2.45, 2.75) is 18.9 Å². The van der Waals surface area contributed by atoms with Crippen LogP contribution < -0.4 is 9.47 Å². The summed E-state index contributed by atoms with van der Waals surface area (Å²) >= 11 is 0. The Morgan fingerprint density at radius 2 is 1.81 bits per heavy atom. The summed E-state index contributed by atoms with van der Waals surface area (Å²) in [7, 11) is 3.57. The molecule has 5 rings (SSSR count). The monoisotopic (exact) mass is 416 g/mol. The largest absolute Gasteiger partial charge is 0.493 e. The van der Waals surface area contributed by atoms with E-state index in [0.29, 0.717) is 24.7 Å². The second kappa shape index (κ2) is 8.35. The van der Waals surface area contributed by atoms with Crippen molar-refractivity contribution in [1.82, 2.24) is 19.7 Å². The molecule has 7 nitrogen and oxygen atoms in total. The molecule has 7 heteroatoms. The Labute approximate surface area is 180 Å². The predicted molar refractivity (Wildman–Crippen MR) is 118 cm³/mol. The van der Waals surface area contributed by atoms with Crippen molar-refractivity contribution in [2.75, 3.05) is 20.3 Å². The van der Waals surface area contributed by atoms with E-state index in [4.69, 9.17) is 19.3 Å². The zero-order valence-electron chi connectivity index (χ0n) is 17.6. The van der Waals surface area contributed by atoms with Crippen molar-refractivity contribution < 1.29 is 14.2 Å². The van der Waals surface area contributed by atoms with Gasteiger partial charge in [-0.05, 0) is 6.07 Å². The molecule has 0 aliphatic carbocycles. The molecule has 0 unspecified atom stereocenters. The van der Waals surface area contributed by atoms with E-state index in [1.165, 1.54) is 0 Å². The number of benzene rings is 2. The second-order valence-electron chi connectivity index (χ2n) is 7.60. The summed E-state index contributed by atoms with van der Waals surface area (Å²) in [6.07, 6.45) is 5.40. The lowest BCUT2D eigenvalue weighted by Gasteiger charge is -2.24. The van der Waals surface area contributed by atoms with Gasteiger partial charge in [-0.2, -0.15) is 5.10 Å². The fraction of sp³-hybridized carbons (Fsp3) is 0.292. The van der Waals surface area contributed by atoms with Gasteiger partial charge in [0.1, 0.15) is 18.1 Å². The van der Waals surface area contributed by atoms with Crippen molar-refractivity contribution >= 4 is 10.9 Å². The highest BCUT2D eigenvalue weighted by molar-refractivity contribution is 5.97. The maximum absolute atomic E-state index is 6.32. The summed E-state index contributed by atoms with van der Waals surface area (Å²) in [4.78, 5) is 9.12. The van der Waals surface area contributed by atoms with Crippen LogP contribution >= 0.6 is 0 Å². The summed E-state index contributed by atoms with van der Waals surface area (Å²) in [6.45, 7) is 1.43. The van der Waals surface area contributed by atoms with Crippen molar-refractivity contribution in [3.8, 4) is 34.0 Å². The van der Waals surface area contributed by atoms with Crippen LogP contribution in [0.4, 0.5) is 0 Å². The van der Waals surface area contributed by atoms with E-state index in [0.717, 1.165) is 46.3 Å². The molecular weight excluding hydrogens is 392 g/mol. The zero-order valence-corrected chi connectivity index (χ0v) is 17.6. The molecule has 1 aliphatic rings. The van der Waals surface area contributed by atoms with Gasteiger partial charge in [-0.1, -0.05) is 30.3 Å². The van der Waals surface area contributed by atoms with Gasteiger partial charge in [-0.15, -0.1) is 0 Å². The lowest BCUT2D eigenvalue weighted by molar-refractivity contribution is 0.0246. The van der Waals surface area contributed by atoms with Crippen molar-refractivity contribution in [3.05, 3.63) is 55.0 Å². The van der Waals surface area contributed by atoms with Crippen LogP contribution in [-0.4, -0.2) is 46.2 Å². The van der Waals surface area contributed by atoms with Crippen LogP contribution in [0.1, 0.15) is 12.8 Å². The van der Waals surface area contributed by atoms with Gasteiger partial charge in [0.05, 0.1) is 31.5 Å². The highest BCUT2D eigenvalue weighted by Crippen LogP contribution is 2.38. The molecule has 1 saturated heterocycles. The van der Waals surface area contributed by atoms with Gasteiger partial charge in [-0.25, -0.2) is 9.97 Å². The van der Waals surface area contributed by atoms with Crippen LogP contribution in [0, 0.1) is 0 Å². The molecule has 0 atom stereocenters. The standard InChI is InChI=1S/C24H24N4O3/c1-28-14-19(23(27-28)16-6-4-3-5-7-16)24-18-12-22(31-17-8-10-30-11-9-17)21(29-2)13-20(18)25-15-26-24/h3-7,12-15,17H,8-11H2,1-2H3. The van der Waals surface area contributed by atoms with E-state index in [1.54, 1.807) is 13.4 Å². The number of aryl methyl sites for hydroxylation is 1. The predicted octanol–water partition coefficient (Wildman–Crippen LogP) is 4.26. The van der Waals surface area contributed by atoms with Crippen LogP contribution in [0.25, 0.3) is 33.4 Å². The maximum atomic E-state index is 6.32. The molecule has 0 bridgehead atoms. The van der Waals surface area contributed by atoms with Gasteiger partial charge in [0.25, 0.3) is 0 Å². The third-order valence-corrected chi connectivity index (χ3v) is 5.51. The fourth-order valence-electron chi connectivity index (χ4n) is 3.97. The molecule has 0 amide bonds. The third kappa shape index (κ3) is 3.84. The molecular formula is C24H24N4O3. The van der Waals surface area contributed by atoms with E-state index in [2.05, 4.69) is 22.1 Å². The first-order valence-corrected chi connectivity index (χ1v) is 10.4. The van der Waals surface area contributed by atoms with Gasteiger partial charge in [-0.3, -0.25) is 4.68 Å². The molecule has 1 aliphatic heterocycles. The van der Waals surface area contributed by atoms with Gasteiger partial charge in [0.2, 0.25) is 0 Å². The van der Waals surface area contributed by atoms with Crippen LogP contribution in [0.2, 0.25) is 0 Å². The van der Waals surface area contributed by atoms with Crippen molar-refractivity contribution in [1.29, 1.82) is 0 Å². The summed E-state index contributed by atoms with van der Waals surface area (Å²) in [5.41, 5.74) is 4.48. The van der Waals surface area contributed by atoms with E-state index >= 15 is 0 Å². The molecule has 4 aromatic rings. The topological polar surface area (TPSA) is 71.3 Å². The van der Waals surface area contributed by atoms with Crippen molar-refractivity contribution in [2.24, 2.45) is 7.05 Å². The quantitative estimate of drug-likeness (QED) is 0.484. The summed E-state index contributed by atoms with van der Waals surface area (Å²) in [5.74, 6) is 1.36. The molecule has 0 radical (unpaired) electrons. The van der Waals surface area contributed by atoms with E-state index in [1.807, 2.05) is 48.3 Å². The van der Waals surface area contributed by atoms with Gasteiger partial charge < -0.3 is 14.2 Å². The summed E-state index contributed by atoms with van der Waals surface area (Å²) in [6, 6.07) is 14.0. The van der Waals surface area contributed by atoms with Crippen molar-refractivity contribution in [3.63, 3.8) is 0 Å². The summed E-state index contributed by atoms with van der Waals surface area (Å²) in [5, 5.41) is 5.60. The Balaban J connectivity index is 1.64. The Bertz CT molecular complexity index is 1200. The average Bonchev–Trinajstić information content (AvgIpc) is 3.21. The fourth-order valence-corrected chi connectivity index (χ4v) is 3.97. The lowest BCUT2D eigenvalue weighted by atomic mass is 10.0. The summed E-state index contributed by atoms with van der Waals surface area (Å²) < 4.78 is 19.2. The minimum Gasteiger partial charge on any atom is -0.493 e. The Morgan fingerprint density at radius 1 is 1.00 bits per heavy atom. The molecule has 2 aromatic heterocycles. The number of hydrogen-bond donors (Lipinski definition) is 0. The smallest absolute Gasteiger partial charge is 0.162 e. The first kappa shape index (κ1) is 19.5. The molecule has 2 aromatic carbocycles. The Morgan fingerprint density at radius 3 is 2.58 bits per heavy atom. The number of methoxy groups -OCH3 is 1. The molecule has 158 valence electrons. The third-order valence-electron chi connectivity index (χ3n) is 5.51. The molecule has 0 N–H and O–H groups in total. The zero-order chi connectivity index (χ0) is 21.2. The molecule has 31 heavy (non-hydrogen) atoms. The highest BCUT2D eigenvalue weighted by atomic mass is 16.5. The SMILES string of the molecule is COc1cc2ncnc(-c3cn(C)nc3-c3ccccc3)c2cc1OC1CCOCC1. The van der Waals surface area contributed by atoms with Gasteiger partial charge in [0, 0.05) is 48.7 Å². The molecule has 3 heterocycles. The average molecular weight is 416 g/mol. The van der Waals surface area contributed by atoms with Crippen LogP contribution in [0.5, 0.6) is 11.5 Å². The van der Waals surface area contributed by atoms with Gasteiger partial charge >= 0.3 is 0 Å². The molecule has 1 fully saturated rings. The number of fused-ring (bicyclic) bond motifs is 1. The highest BCUT2D eigenvalue weighted by Gasteiger charge is 2.21. The Hall–Kier alpha value is -3.45. The Kier molecular flexibility index (Phi) is 5.26. The number of ether oxygens (including phenoxy) is 3. The minimum atomic E-state index is 0.103. The van der Waals surface area contributed by atoms with Gasteiger partial charge in [0.15, 0.2) is 11.5 Å². The number of nitrogens with zero attached hydrogens (tertiary/aromatic N) is 4. The second-order valence-corrected chi connectivity index (χ2v) is 7.60. The lowest BCUT2D eigenvalue weighted by Crippen LogP contribution is -2.26. The minimum absolute atomic E-state index is 0.103.